The van der Waals surface area contributed by atoms with Gasteiger partial charge < -0.3 is 4.90 Å². The van der Waals surface area contributed by atoms with Crippen molar-refractivity contribution in [3.8, 4) is 12.3 Å². The summed E-state index contributed by atoms with van der Waals surface area (Å²) in [6, 6.07) is 6.94. The molecule has 2 rings (SSSR count). The highest BCUT2D eigenvalue weighted by atomic mass is 15.1. The highest BCUT2D eigenvalue weighted by Gasteiger charge is 2.19. The molecule has 0 radical (unpaired) electrons. The molecule has 1 aromatic rings. The number of fused-ring (bicyclic) bond motifs is 1. The van der Waals surface area contributed by atoms with Gasteiger partial charge in [0.05, 0.1) is 0 Å². The Morgan fingerprint density at radius 1 is 1.50 bits per heavy atom. The van der Waals surface area contributed by atoms with Crippen LogP contribution in [-0.2, 0) is 6.42 Å². The first-order chi connectivity index (χ1) is 6.72. The average molecular weight is 185 g/mol. The Kier molecular flexibility index (Phi) is 2.21. The molecule has 0 aliphatic carbocycles. The van der Waals surface area contributed by atoms with Crippen LogP contribution in [0.5, 0.6) is 0 Å². The minimum Gasteiger partial charge on any atom is -0.372 e. The standard InChI is InChI=1S/C13H15N/c1-4-11-6-8-13-12(9-11)7-5-10(2)14(13)3/h1,6,8-10H,5,7H2,2-3H3. The summed E-state index contributed by atoms with van der Waals surface area (Å²) in [6.45, 7) is 2.26. The number of hydrogen-bond acceptors (Lipinski definition) is 1. The third-order valence-electron chi connectivity index (χ3n) is 3.12. The SMILES string of the molecule is C#Cc1ccc2c(c1)CCC(C)N2C. The quantitative estimate of drug-likeness (QED) is 0.561. The highest BCUT2D eigenvalue weighted by molar-refractivity contribution is 5.58. The number of rotatable bonds is 0. The molecule has 14 heavy (non-hydrogen) atoms. The molecule has 1 aliphatic heterocycles. The van der Waals surface area contributed by atoms with Crippen LogP contribution in [0.1, 0.15) is 24.5 Å². The van der Waals surface area contributed by atoms with E-state index in [0.717, 1.165) is 12.0 Å². The Bertz CT molecular complexity index is 387. The van der Waals surface area contributed by atoms with Crippen molar-refractivity contribution in [3.63, 3.8) is 0 Å². The first-order valence-electron chi connectivity index (χ1n) is 5.04. The number of benzene rings is 1. The zero-order valence-electron chi connectivity index (χ0n) is 8.75. The molecule has 1 aliphatic rings. The van der Waals surface area contributed by atoms with Gasteiger partial charge >= 0.3 is 0 Å². The predicted molar refractivity (Wildman–Crippen MR) is 60.6 cm³/mol. The summed E-state index contributed by atoms with van der Waals surface area (Å²) in [6.07, 6.45) is 7.75. The van der Waals surface area contributed by atoms with Crippen molar-refractivity contribution in [1.82, 2.24) is 0 Å². The zero-order valence-corrected chi connectivity index (χ0v) is 8.75. The number of aryl methyl sites for hydroxylation is 1. The van der Waals surface area contributed by atoms with Gasteiger partial charge in [-0.25, -0.2) is 0 Å². The summed E-state index contributed by atoms with van der Waals surface area (Å²) in [7, 11) is 2.15. The van der Waals surface area contributed by atoms with E-state index in [1.54, 1.807) is 0 Å². The van der Waals surface area contributed by atoms with Gasteiger partial charge in [-0.1, -0.05) is 5.92 Å². The first kappa shape index (κ1) is 9.15. The molecule has 0 fully saturated rings. The number of anilines is 1. The molecular weight excluding hydrogens is 170 g/mol. The Hall–Kier alpha value is -1.42. The van der Waals surface area contributed by atoms with E-state index in [4.69, 9.17) is 6.42 Å². The van der Waals surface area contributed by atoms with Crippen LogP contribution in [0, 0.1) is 12.3 Å². The van der Waals surface area contributed by atoms with Crippen LogP contribution < -0.4 is 4.90 Å². The maximum atomic E-state index is 5.38. The Balaban J connectivity index is 2.45. The largest absolute Gasteiger partial charge is 0.372 e. The third kappa shape index (κ3) is 1.37. The fourth-order valence-electron chi connectivity index (χ4n) is 2.02. The Labute approximate surface area is 85.7 Å². The lowest BCUT2D eigenvalue weighted by molar-refractivity contribution is 0.598. The summed E-state index contributed by atoms with van der Waals surface area (Å²) < 4.78 is 0. The number of terminal acetylenes is 1. The molecular formula is C13H15N. The smallest absolute Gasteiger partial charge is 0.0399 e. The van der Waals surface area contributed by atoms with Crippen molar-refractivity contribution >= 4 is 5.69 Å². The molecule has 1 heterocycles. The lowest BCUT2D eigenvalue weighted by atomic mass is 9.96. The topological polar surface area (TPSA) is 3.24 Å². The average Bonchev–Trinajstić information content (AvgIpc) is 2.23. The molecule has 1 nitrogen and oxygen atoms in total. The number of nitrogens with zero attached hydrogens (tertiary/aromatic N) is 1. The minimum absolute atomic E-state index is 0.638. The van der Waals surface area contributed by atoms with Crippen molar-refractivity contribution < 1.29 is 0 Å². The van der Waals surface area contributed by atoms with E-state index in [-0.39, 0.29) is 0 Å². The molecule has 1 unspecified atom stereocenters. The Morgan fingerprint density at radius 3 is 3.00 bits per heavy atom. The third-order valence-corrected chi connectivity index (χ3v) is 3.12. The van der Waals surface area contributed by atoms with E-state index in [0.29, 0.717) is 6.04 Å². The zero-order chi connectivity index (χ0) is 10.1. The summed E-state index contributed by atoms with van der Waals surface area (Å²) in [4.78, 5) is 2.33. The molecule has 0 saturated carbocycles. The van der Waals surface area contributed by atoms with Gasteiger partial charge in [0.1, 0.15) is 0 Å². The van der Waals surface area contributed by atoms with Gasteiger partial charge in [0, 0.05) is 24.3 Å². The number of hydrogen-bond donors (Lipinski definition) is 0. The van der Waals surface area contributed by atoms with E-state index in [9.17, 15) is 0 Å². The van der Waals surface area contributed by atoms with Gasteiger partial charge in [-0.15, -0.1) is 6.42 Å². The molecule has 0 spiro atoms. The van der Waals surface area contributed by atoms with Gasteiger partial charge in [-0.3, -0.25) is 0 Å². The van der Waals surface area contributed by atoms with Crippen LogP contribution in [0.3, 0.4) is 0 Å². The summed E-state index contributed by atoms with van der Waals surface area (Å²) in [5, 5.41) is 0. The van der Waals surface area contributed by atoms with Crippen LogP contribution >= 0.6 is 0 Å². The lowest BCUT2D eigenvalue weighted by Crippen LogP contribution is -2.33. The molecule has 1 heteroatoms. The lowest BCUT2D eigenvalue weighted by Gasteiger charge is -2.33. The van der Waals surface area contributed by atoms with Crippen molar-refractivity contribution in [2.75, 3.05) is 11.9 Å². The fraction of sp³-hybridized carbons (Fsp3) is 0.385. The van der Waals surface area contributed by atoms with E-state index < -0.39 is 0 Å². The molecule has 0 saturated heterocycles. The predicted octanol–water partition coefficient (Wildman–Crippen LogP) is 2.44. The van der Waals surface area contributed by atoms with E-state index in [1.165, 1.54) is 17.7 Å². The molecule has 0 aromatic heterocycles. The highest BCUT2D eigenvalue weighted by Crippen LogP contribution is 2.29. The van der Waals surface area contributed by atoms with Gasteiger partial charge in [0.25, 0.3) is 0 Å². The fourth-order valence-corrected chi connectivity index (χ4v) is 2.02. The van der Waals surface area contributed by atoms with Gasteiger partial charge in [-0.2, -0.15) is 0 Å². The summed E-state index contributed by atoms with van der Waals surface area (Å²) >= 11 is 0. The van der Waals surface area contributed by atoms with Crippen molar-refractivity contribution in [1.29, 1.82) is 0 Å². The molecule has 72 valence electrons. The molecule has 1 aromatic carbocycles. The Morgan fingerprint density at radius 2 is 2.29 bits per heavy atom. The minimum atomic E-state index is 0.638. The first-order valence-corrected chi connectivity index (χ1v) is 5.04. The van der Waals surface area contributed by atoms with Gasteiger partial charge in [0.2, 0.25) is 0 Å². The van der Waals surface area contributed by atoms with Crippen LogP contribution in [-0.4, -0.2) is 13.1 Å². The maximum absolute atomic E-state index is 5.38. The van der Waals surface area contributed by atoms with Gasteiger partial charge in [0.15, 0.2) is 0 Å². The second-order valence-electron chi connectivity index (χ2n) is 3.99. The second-order valence-corrected chi connectivity index (χ2v) is 3.99. The van der Waals surface area contributed by atoms with Crippen LogP contribution in [0.4, 0.5) is 5.69 Å². The molecule has 0 N–H and O–H groups in total. The van der Waals surface area contributed by atoms with E-state index in [2.05, 4.69) is 36.9 Å². The van der Waals surface area contributed by atoms with Gasteiger partial charge in [-0.05, 0) is 43.5 Å². The van der Waals surface area contributed by atoms with Crippen LogP contribution in [0.15, 0.2) is 18.2 Å². The summed E-state index contributed by atoms with van der Waals surface area (Å²) in [5.41, 5.74) is 3.72. The van der Waals surface area contributed by atoms with Crippen molar-refractivity contribution in [2.45, 2.75) is 25.8 Å². The normalized spacial score (nSPS) is 20.1. The molecule has 0 bridgehead atoms. The van der Waals surface area contributed by atoms with Crippen LogP contribution in [0.2, 0.25) is 0 Å². The van der Waals surface area contributed by atoms with Crippen LogP contribution in [0.25, 0.3) is 0 Å². The molecule has 1 atom stereocenters. The second kappa shape index (κ2) is 3.38. The maximum Gasteiger partial charge on any atom is 0.0399 e. The monoisotopic (exact) mass is 185 g/mol. The van der Waals surface area contributed by atoms with E-state index >= 15 is 0 Å². The van der Waals surface area contributed by atoms with Crippen molar-refractivity contribution in [2.24, 2.45) is 0 Å². The summed E-state index contributed by atoms with van der Waals surface area (Å²) in [5.74, 6) is 2.68. The van der Waals surface area contributed by atoms with E-state index in [1.807, 2.05) is 6.07 Å². The van der Waals surface area contributed by atoms with Crippen molar-refractivity contribution in [3.05, 3.63) is 29.3 Å². The molecule has 0 amide bonds.